The first kappa shape index (κ1) is 17.6. The van der Waals surface area contributed by atoms with Crippen molar-refractivity contribution in [3.05, 3.63) is 77.0 Å². The maximum atomic E-state index is 12.6. The van der Waals surface area contributed by atoms with Gasteiger partial charge >= 0.3 is 0 Å². The van der Waals surface area contributed by atoms with Crippen molar-refractivity contribution >= 4 is 16.6 Å². The maximum absolute atomic E-state index is 12.6. The van der Waals surface area contributed by atoms with E-state index in [0.29, 0.717) is 19.0 Å². The summed E-state index contributed by atoms with van der Waals surface area (Å²) in [5.41, 5.74) is 2.67. The lowest BCUT2D eigenvalue weighted by atomic mass is 10.1. The second-order valence-corrected chi connectivity index (χ2v) is 7.11. The number of hydrogen-bond donors (Lipinski definition) is 1. The molecular formula is C21H20N6O2. The van der Waals surface area contributed by atoms with Gasteiger partial charge in [0, 0.05) is 35.2 Å². The molecule has 0 bridgehead atoms. The molecule has 5 rings (SSSR count). The van der Waals surface area contributed by atoms with E-state index in [1.165, 1.54) is 10.7 Å². The number of aryl methyl sites for hydroxylation is 1. The molecule has 1 saturated heterocycles. The number of rotatable bonds is 4. The van der Waals surface area contributed by atoms with Crippen LogP contribution in [0.3, 0.4) is 0 Å². The Morgan fingerprint density at radius 2 is 2.03 bits per heavy atom. The molecule has 0 radical (unpaired) electrons. The second-order valence-electron chi connectivity index (χ2n) is 7.11. The van der Waals surface area contributed by atoms with Crippen molar-refractivity contribution in [1.82, 2.24) is 24.5 Å². The van der Waals surface area contributed by atoms with Crippen molar-refractivity contribution in [1.29, 1.82) is 0 Å². The van der Waals surface area contributed by atoms with Crippen molar-refractivity contribution in [3.8, 4) is 5.82 Å². The number of nitrogens with one attached hydrogen (secondary N) is 1. The Labute approximate surface area is 166 Å². The van der Waals surface area contributed by atoms with Crippen molar-refractivity contribution in [3.63, 3.8) is 0 Å². The van der Waals surface area contributed by atoms with Crippen molar-refractivity contribution < 1.29 is 4.74 Å². The fraction of sp³-hybridized carbons (Fsp3) is 0.238. The zero-order chi connectivity index (χ0) is 19.8. The van der Waals surface area contributed by atoms with Crippen LogP contribution in [0.5, 0.6) is 0 Å². The van der Waals surface area contributed by atoms with Gasteiger partial charge in [0.2, 0.25) is 0 Å². The largest absolute Gasteiger partial charge is 0.377 e. The highest BCUT2D eigenvalue weighted by Gasteiger charge is 2.32. The van der Waals surface area contributed by atoms with Crippen LogP contribution >= 0.6 is 0 Å². The van der Waals surface area contributed by atoms with E-state index in [1.54, 1.807) is 23.1 Å². The molecule has 4 aromatic rings. The Morgan fingerprint density at radius 1 is 1.14 bits per heavy atom. The lowest BCUT2D eigenvalue weighted by Crippen LogP contribution is -2.37. The molecule has 0 aliphatic carbocycles. The highest BCUT2D eigenvalue weighted by Crippen LogP contribution is 2.27. The van der Waals surface area contributed by atoms with Crippen LogP contribution in [-0.2, 0) is 4.74 Å². The summed E-state index contributed by atoms with van der Waals surface area (Å²) in [4.78, 5) is 17.2. The molecule has 2 unspecified atom stereocenters. The topological polar surface area (TPSA) is 86.9 Å². The third kappa shape index (κ3) is 3.27. The summed E-state index contributed by atoms with van der Waals surface area (Å²) in [6, 6.07) is 14.7. The van der Waals surface area contributed by atoms with E-state index < -0.39 is 0 Å². The minimum atomic E-state index is -0.231. The van der Waals surface area contributed by atoms with E-state index in [0.717, 1.165) is 22.3 Å². The van der Waals surface area contributed by atoms with E-state index >= 15 is 0 Å². The van der Waals surface area contributed by atoms with Gasteiger partial charge < -0.3 is 10.1 Å². The lowest BCUT2D eigenvalue weighted by molar-refractivity contribution is 0.182. The predicted octanol–water partition coefficient (Wildman–Crippen LogP) is 2.34. The molecule has 1 fully saturated rings. The normalized spacial score (nSPS) is 18.9. The molecule has 4 heterocycles. The zero-order valence-electron chi connectivity index (χ0n) is 15.9. The standard InChI is InChI=1S/C21H20N6O2/c1-14-11-17(15-5-2-3-6-16(15)23-14)24-18-12-29-13-19(18)27-21(28)8-7-20(25-27)26-10-4-9-22-26/h2-11,18-19H,12-13H2,1H3,(H,23,24). The van der Waals surface area contributed by atoms with Gasteiger partial charge in [-0.05, 0) is 31.2 Å². The van der Waals surface area contributed by atoms with E-state index in [4.69, 9.17) is 4.74 Å². The smallest absolute Gasteiger partial charge is 0.267 e. The Hall–Kier alpha value is -3.52. The molecule has 0 saturated carbocycles. The number of hydrogen-bond acceptors (Lipinski definition) is 6. The van der Waals surface area contributed by atoms with Gasteiger partial charge in [0.15, 0.2) is 5.82 Å². The summed E-state index contributed by atoms with van der Waals surface area (Å²) >= 11 is 0. The van der Waals surface area contributed by atoms with E-state index in [2.05, 4.69) is 20.5 Å². The van der Waals surface area contributed by atoms with Crippen LogP contribution in [-0.4, -0.2) is 43.8 Å². The highest BCUT2D eigenvalue weighted by atomic mass is 16.5. The summed E-state index contributed by atoms with van der Waals surface area (Å²) in [6.07, 6.45) is 3.47. The first-order valence-electron chi connectivity index (χ1n) is 9.49. The van der Waals surface area contributed by atoms with E-state index in [-0.39, 0.29) is 17.6 Å². The van der Waals surface area contributed by atoms with Crippen molar-refractivity contribution in [2.24, 2.45) is 0 Å². The van der Waals surface area contributed by atoms with Crippen LogP contribution in [0.2, 0.25) is 0 Å². The Balaban J connectivity index is 1.51. The van der Waals surface area contributed by atoms with Gasteiger partial charge in [0.1, 0.15) is 6.04 Å². The minimum absolute atomic E-state index is 0.0988. The third-order valence-corrected chi connectivity index (χ3v) is 5.10. The minimum Gasteiger partial charge on any atom is -0.377 e. The first-order chi connectivity index (χ1) is 14.2. The van der Waals surface area contributed by atoms with Crippen molar-refractivity contribution in [2.45, 2.75) is 19.0 Å². The average molecular weight is 388 g/mol. The number of ether oxygens (including phenoxy) is 1. The van der Waals surface area contributed by atoms with Crippen LogP contribution in [0.15, 0.2) is 65.7 Å². The molecule has 3 aromatic heterocycles. The Bertz CT molecular complexity index is 1220. The van der Waals surface area contributed by atoms with E-state index in [1.807, 2.05) is 43.3 Å². The Morgan fingerprint density at radius 3 is 2.90 bits per heavy atom. The molecule has 1 aliphatic rings. The van der Waals surface area contributed by atoms with Crippen LogP contribution in [0, 0.1) is 6.92 Å². The predicted molar refractivity (Wildman–Crippen MR) is 109 cm³/mol. The summed E-state index contributed by atoms with van der Waals surface area (Å²) < 4.78 is 8.85. The second kappa shape index (κ2) is 7.14. The lowest BCUT2D eigenvalue weighted by Gasteiger charge is -2.22. The van der Waals surface area contributed by atoms with Gasteiger partial charge in [-0.3, -0.25) is 9.78 Å². The van der Waals surface area contributed by atoms with Gasteiger partial charge in [-0.2, -0.15) is 5.10 Å². The molecule has 8 heteroatoms. The molecule has 1 aliphatic heterocycles. The van der Waals surface area contributed by atoms with Gasteiger partial charge in [0.25, 0.3) is 5.56 Å². The monoisotopic (exact) mass is 388 g/mol. The molecule has 2 atom stereocenters. The molecular weight excluding hydrogens is 368 g/mol. The summed E-state index contributed by atoms with van der Waals surface area (Å²) in [6.45, 7) is 2.87. The molecule has 146 valence electrons. The van der Waals surface area contributed by atoms with Crippen molar-refractivity contribution in [2.75, 3.05) is 18.5 Å². The molecule has 0 spiro atoms. The number of nitrogens with zero attached hydrogens (tertiary/aromatic N) is 5. The SMILES string of the molecule is Cc1cc(NC2COCC2n2nc(-n3cccn3)ccc2=O)c2ccccc2n1. The fourth-order valence-corrected chi connectivity index (χ4v) is 3.73. The summed E-state index contributed by atoms with van der Waals surface area (Å²) in [5.74, 6) is 0.588. The number of benzene rings is 1. The number of para-hydroxylation sites is 1. The first-order valence-corrected chi connectivity index (χ1v) is 9.49. The molecule has 1 N–H and O–H groups in total. The maximum Gasteiger partial charge on any atom is 0.267 e. The molecule has 1 aromatic carbocycles. The average Bonchev–Trinajstić information content (AvgIpc) is 3.41. The molecule has 29 heavy (non-hydrogen) atoms. The van der Waals surface area contributed by atoms with Crippen LogP contribution in [0.25, 0.3) is 16.7 Å². The fourth-order valence-electron chi connectivity index (χ4n) is 3.73. The quantitative estimate of drug-likeness (QED) is 0.577. The van der Waals surface area contributed by atoms with Gasteiger partial charge in [0.05, 0.1) is 24.8 Å². The number of fused-ring (bicyclic) bond motifs is 1. The molecule has 0 amide bonds. The van der Waals surface area contributed by atoms with Crippen LogP contribution in [0.1, 0.15) is 11.7 Å². The van der Waals surface area contributed by atoms with Crippen LogP contribution in [0.4, 0.5) is 5.69 Å². The summed E-state index contributed by atoms with van der Waals surface area (Å²) in [7, 11) is 0. The third-order valence-electron chi connectivity index (χ3n) is 5.10. The van der Waals surface area contributed by atoms with Crippen LogP contribution < -0.4 is 10.9 Å². The summed E-state index contributed by atoms with van der Waals surface area (Å²) in [5, 5.41) is 13.3. The number of aromatic nitrogens is 5. The van der Waals surface area contributed by atoms with E-state index in [9.17, 15) is 4.79 Å². The number of pyridine rings is 1. The Kier molecular flexibility index (Phi) is 4.33. The van der Waals surface area contributed by atoms with Gasteiger partial charge in [-0.25, -0.2) is 9.36 Å². The van der Waals surface area contributed by atoms with Gasteiger partial charge in [-0.15, -0.1) is 5.10 Å². The number of anilines is 1. The molecule has 8 nitrogen and oxygen atoms in total. The highest BCUT2D eigenvalue weighted by molar-refractivity contribution is 5.91. The zero-order valence-corrected chi connectivity index (χ0v) is 15.9. The van der Waals surface area contributed by atoms with Gasteiger partial charge in [-0.1, -0.05) is 18.2 Å².